The zero-order valence-electron chi connectivity index (χ0n) is 40.8. The van der Waals surface area contributed by atoms with Gasteiger partial charge in [0, 0.05) is 33.5 Å². The number of benzene rings is 12. The molecule has 74 heavy (non-hydrogen) atoms. The van der Waals surface area contributed by atoms with Crippen LogP contribution in [0.1, 0.15) is 11.1 Å². The first-order chi connectivity index (χ1) is 36.7. The van der Waals surface area contributed by atoms with Crippen molar-refractivity contribution in [2.75, 3.05) is 9.80 Å². The van der Waals surface area contributed by atoms with Gasteiger partial charge in [-0.2, -0.15) is 0 Å². The molecule has 12 aromatic rings. The van der Waals surface area contributed by atoms with Crippen LogP contribution in [0.4, 0.5) is 34.1 Å². The van der Waals surface area contributed by atoms with Crippen LogP contribution in [0.25, 0.3) is 54.9 Å². The molecule has 4 heteroatoms. The molecule has 4 nitrogen and oxygen atoms in total. The van der Waals surface area contributed by atoms with E-state index in [1.165, 1.54) is 21.5 Å². The molecule has 0 amide bonds. The van der Waals surface area contributed by atoms with Gasteiger partial charge >= 0.3 is 0 Å². The van der Waals surface area contributed by atoms with Gasteiger partial charge in [-0.3, -0.25) is 0 Å². The van der Waals surface area contributed by atoms with Crippen molar-refractivity contribution in [1.82, 2.24) is 0 Å². The number of rotatable bonds is 15. The molecular formula is C70H52N2O2. The van der Waals surface area contributed by atoms with Crippen LogP contribution in [-0.2, 0) is 13.2 Å². The monoisotopic (exact) mass is 952 g/mol. The second-order valence-corrected chi connectivity index (χ2v) is 18.5. The Morgan fingerprint density at radius 1 is 0.230 bits per heavy atom. The maximum absolute atomic E-state index is 6.08. The predicted octanol–water partition coefficient (Wildman–Crippen LogP) is 19.1. The van der Waals surface area contributed by atoms with Crippen LogP contribution in [0.3, 0.4) is 0 Å². The van der Waals surface area contributed by atoms with Gasteiger partial charge in [0.1, 0.15) is 24.7 Å². The highest BCUT2D eigenvalue weighted by Gasteiger charge is 2.18. The summed E-state index contributed by atoms with van der Waals surface area (Å²) < 4.78 is 12.2. The molecule has 0 fully saturated rings. The largest absolute Gasteiger partial charge is 0.489 e. The predicted molar refractivity (Wildman–Crippen MR) is 309 cm³/mol. The highest BCUT2D eigenvalue weighted by atomic mass is 16.5. The summed E-state index contributed by atoms with van der Waals surface area (Å²) in [6.07, 6.45) is 0. The Morgan fingerprint density at radius 3 is 0.824 bits per heavy atom. The van der Waals surface area contributed by atoms with Gasteiger partial charge in [0.05, 0.1) is 11.4 Å². The lowest BCUT2D eigenvalue weighted by Gasteiger charge is -2.28. The number of hydrogen-bond acceptors (Lipinski definition) is 4. The Hall–Kier alpha value is -9.64. The summed E-state index contributed by atoms with van der Waals surface area (Å²) in [5.74, 6) is 1.70. The maximum Gasteiger partial charge on any atom is 0.119 e. The van der Waals surface area contributed by atoms with Crippen molar-refractivity contribution in [2.45, 2.75) is 13.2 Å². The van der Waals surface area contributed by atoms with Gasteiger partial charge in [-0.1, -0.05) is 206 Å². The Morgan fingerprint density at radius 2 is 0.500 bits per heavy atom. The smallest absolute Gasteiger partial charge is 0.119 e. The van der Waals surface area contributed by atoms with E-state index in [1.807, 2.05) is 36.4 Å². The van der Waals surface area contributed by atoms with Gasteiger partial charge in [-0.15, -0.1) is 0 Å². The fraction of sp³-hybridized carbons (Fsp3) is 0.0286. The summed E-state index contributed by atoms with van der Waals surface area (Å²) in [4.78, 5) is 4.73. The standard InChI is InChI=1S/C70H52N2O2/c1-3-13-51(14-4-1)49-73-65-45-33-57(34-46-65)55-29-41-63(42-30-55)71(69-23-11-19-59-17-7-9-21-67(59)69)61-37-25-53(26-38-61)54-27-39-62(40-28-54)72(70-24-12-20-60-18-8-10-22-68(60)70)64-43-31-56(32-44-64)58-35-47-66(48-36-58)74-50-52-15-5-2-6-16-52/h1-48H,49-50H2. The third kappa shape index (κ3) is 9.85. The van der Waals surface area contributed by atoms with Crippen molar-refractivity contribution in [3.8, 4) is 44.9 Å². The first kappa shape index (κ1) is 45.5. The van der Waals surface area contributed by atoms with Crippen LogP contribution in [-0.4, -0.2) is 0 Å². The Balaban J connectivity index is 0.815. The second-order valence-electron chi connectivity index (χ2n) is 18.5. The molecule has 0 N–H and O–H groups in total. The average Bonchev–Trinajstić information content (AvgIpc) is 3.48. The summed E-state index contributed by atoms with van der Waals surface area (Å²) in [5, 5.41) is 4.77. The summed E-state index contributed by atoms with van der Waals surface area (Å²) in [7, 11) is 0. The minimum atomic E-state index is 0.540. The SMILES string of the molecule is c1ccc(COc2ccc(-c3ccc(N(c4ccc(-c5ccc(N(c6ccc(-c7ccc(OCc8ccccc8)cc7)cc6)c6cccc7ccccc67)cc5)cc4)c4cccc5ccccc45)cc3)cc2)cc1. The van der Waals surface area contributed by atoms with E-state index in [-0.39, 0.29) is 0 Å². The molecule has 0 spiro atoms. The molecule has 0 aliphatic rings. The highest BCUT2D eigenvalue weighted by Crippen LogP contribution is 2.43. The van der Waals surface area contributed by atoms with E-state index in [0.29, 0.717) is 13.2 Å². The Labute approximate surface area is 433 Å². The summed E-state index contributed by atoms with van der Waals surface area (Å²) in [5.41, 5.74) is 15.7. The van der Waals surface area contributed by atoms with Gasteiger partial charge in [0.2, 0.25) is 0 Å². The third-order valence-electron chi connectivity index (χ3n) is 13.7. The fourth-order valence-corrected chi connectivity index (χ4v) is 9.84. The van der Waals surface area contributed by atoms with Crippen LogP contribution in [0, 0.1) is 0 Å². The van der Waals surface area contributed by atoms with Crippen molar-refractivity contribution in [3.05, 3.63) is 302 Å². The third-order valence-corrected chi connectivity index (χ3v) is 13.7. The number of anilines is 6. The lowest BCUT2D eigenvalue weighted by atomic mass is 10.0. The average molecular weight is 953 g/mol. The van der Waals surface area contributed by atoms with Crippen LogP contribution in [0.2, 0.25) is 0 Å². The van der Waals surface area contributed by atoms with Gasteiger partial charge in [0.15, 0.2) is 0 Å². The van der Waals surface area contributed by atoms with E-state index in [9.17, 15) is 0 Å². The van der Waals surface area contributed by atoms with Crippen LogP contribution in [0.5, 0.6) is 11.5 Å². The van der Waals surface area contributed by atoms with Gasteiger partial charge in [-0.05, 0) is 140 Å². The first-order valence-corrected chi connectivity index (χ1v) is 25.2. The van der Waals surface area contributed by atoms with Gasteiger partial charge in [-0.25, -0.2) is 0 Å². The lowest BCUT2D eigenvalue weighted by molar-refractivity contribution is 0.306. The molecule has 0 unspecified atom stereocenters. The Bertz CT molecular complexity index is 3520. The fourth-order valence-electron chi connectivity index (χ4n) is 9.84. The molecular weight excluding hydrogens is 901 g/mol. The van der Waals surface area contributed by atoms with E-state index in [4.69, 9.17) is 9.47 Å². The number of nitrogens with zero attached hydrogens (tertiary/aromatic N) is 2. The molecule has 12 aromatic carbocycles. The van der Waals surface area contributed by atoms with Crippen molar-refractivity contribution in [1.29, 1.82) is 0 Å². The quantitative estimate of drug-likeness (QED) is 0.102. The lowest BCUT2D eigenvalue weighted by Crippen LogP contribution is -2.10. The van der Waals surface area contributed by atoms with Crippen LogP contribution < -0.4 is 19.3 Å². The normalized spacial score (nSPS) is 11.1. The molecule has 0 aliphatic heterocycles. The van der Waals surface area contributed by atoms with E-state index < -0.39 is 0 Å². The van der Waals surface area contributed by atoms with E-state index in [1.54, 1.807) is 0 Å². The van der Waals surface area contributed by atoms with Crippen molar-refractivity contribution in [2.24, 2.45) is 0 Å². The number of hydrogen-bond donors (Lipinski definition) is 0. The van der Waals surface area contributed by atoms with Gasteiger partial charge in [0.25, 0.3) is 0 Å². The number of fused-ring (bicyclic) bond motifs is 2. The molecule has 354 valence electrons. The summed E-state index contributed by atoms with van der Waals surface area (Å²) in [6, 6.07) is 103. The second kappa shape index (κ2) is 21.0. The van der Waals surface area contributed by atoms with E-state index >= 15 is 0 Å². The molecule has 0 radical (unpaired) electrons. The molecule has 0 saturated carbocycles. The molecule has 0 atom stereocenters. The number of ether oxygens (including phenoxy) is 2. The van der Waals surface area contributed by atoms with Crippen LogP contribution >= 0.6 is 0 Å². The zero-order valence-corrected chi connectivity index (χ0v) is 40.8. The van der Waals surface area contributed by atoms with Gasteiger partial charge < -0.3 is 19.3 Å². The minimum absolute atomic E-state index is 0.540. The zero-order chi connectivity index (χ0) is 49.5. The summed E-state index contributed by atoms with van der Waals surface area (Å²) >= 11 is 0. The van der Waals surface area contributed by atoms with E-state index in [0.717, 1.165) is 90.1 Å². The first-order valence-electron chi connectivity index (χ1n) is 25.2. The summed E-state index contributed by atoms with van der Waals surface area (Å²) in [6.45, 7) is 1.08. The topological polar surface area (TPSA) is 24.9 Å². The van der Waals surface area contributed by atoms with Crippen molar-refractivity contribution in [3.63, 3.8) is 0 Å². The Kier molecular flexibility index (Phi) is 12.9. The highest BCUT2D eigenvalue weighted by molar-refractivity contribution is 6.00. The minimum Gasteiger partial charge on any atom is -0.489 e. The van der Waals surface area contributed by atoms with Crippen molar-refractivity contribution >= 4 is 55.7 Å². The molecule has 0 heterocycles. The van der Waals surface area contributed by atoms with Crippen molar-refractivity contribution < 1.29 is 9.47 Å². The maximum atomic E-state index is 6.08. The molecule has 0 bridgehead atoms. The van der Waals surface area contributed by atoms with E-state index in [2.05, 4.69) is 265 Å². The molecule has 0 aromatic heterocycles. The molecule has 12 rings (SSSR count). The van der Waals surface area contributed by atoms with Crippen LogP contribution in [0.15, 0.2) is 291 Å². The molecule has 0 aliphatic carbocycles. The molecule has 0 saturated heterocycles.